The van der Waals surface area contributed by atoms with Gasteiger partial charge >= 0.3 is 5.97 Å². The number of hydrogen-bond donors (Lipinski definition) is 1. The smallest absolute Gasteiger partial charge is 0.335 e. The second kappa shape index (κ2) is 6.54. The highest BCUT2D eigenvalue weighted by Crippen LogP contribution is 2.61. The van der Waals surface area contributed by atoms with Gasteiger partial charge in [-0.25, -0.2) is 4.79 Å². The molecule has 3 heteroatoms. The molecule has 2 aromatic carbocycles. The molecular formula is C28H33NO2. The van der Waals surface area contributed by atoms with Gasteiger partial charge in [0.15, 0.2) is 0 Å². The molecule has 31 heavy (non-hydrogen) atoms. The quantitative estimate of drug-likeness (QED) is 0.666. The summed E-state index contributed by atoms with van der Waals surface area (Å²) < 4.78 is 0. The van der Waals surface area contributed by atoms with E-state index in [0.717, 1.165) is 18.5 Å². The number of rotatable bonds is 4. The molecule has 3 nitrogen and oxygen atoms in total. The number of benzene rings is 2. The Labute approximate surface area is 185 Å². The Kier molecular flexibility index (Phi) is 4.32. The highest BCUT2D eigenvalue weighted by Gasteiger charge is 2.62. The third kappa shape index (κ3) is 3.08. The summed E-state index contributed by atoms with van der Waals surface area (Å²) in [6.07, 6.45) is 4.36. The maximum atomic E-state index is 11.4. The van der Waals surface area contributed by atoms with E-state index in [9.17, 15) is 9.90 Å². The maximum Gasteiger partial charge on any atom is 0.335 e. The molecule has 0 saturated heterocycles. The van der Waals surface area contributed by atoms with Crippen LogP contribution in [0.5, 0.6) is 0 Å². The minimum Gasteiger partial charge on any atom is -0.478 e. The zero-order chi connectivity index (χ0) is 22.2. The van der Waals surface area contributed by atoms with Crippen molar-refractivity contribution in [3.63, 3.8) is 0 Å². The van der Waals surface area contributed by atoms with Crippen LogP contribution in [0.4, 0.5) is 0 Å². The minimum absolute atomic E-state index is 0.0516. The van der Waals surface area contributed by atoms with Gasteiger partial charge in [0.1, 0.15) is 0 Å². The Balaban J connectivity index is 1.56. The lowest BCUT2D eigenvalue weighted by atomic mass is 9.62. The highest BCUT2D eigenvalue weighted by molar-refractivity contribution is 6.02. The zero-order valence-corrected chi connectivity index (χ0v) is 19.4. The Morgan fingerprint density at radius 1 is 1.03 bits per heavy atom. The number of aliphatic imine (C=N–C) groups is 1. The first-order chi connectivity index (χ1) is 14.5. The fraction of sp³-hybridized carbons (Fsp3) is 0.500. The lowest BCUT2D eigenvalue weighted by molar-refractivity contribution is 0.0696. The number of carboxylic acid groups (broad SMARTS) is 1. The van der Waals surface area contributed by atoms with Gasteiger partial charge in [-0.3, -0.25) is 4.99 Å². The van der Waals surface area contributed by atoms with Crippen molar-refractivity contribution in [3.8, 4) is 0 Å². The fourth-order valence-corrected chi connectivity index (χ4v) is 6.17. The summed E-state index contributed by atoms with van der Waals surface area (Å²) in [4.78, 5) is 16.4. The van der Waals surface area contributed by atoms with Gasteiger partial charge in [-0.2, -0.15) is 0 Å². The van der Waals surface area contributed by atoms with E-state index in [4.69, 9.17) is 4.99 Å². The van der Waals surface area contributed by atoms with Gasteiger partial charge < -0.3 is 5.11 Å². The molecule has 0 aromatic heterocycles. The van der Waals surface area contributed by atoms with Crippen molar-refractivity contribution >= 4 is 11.7 Å². The van der Waals surface area contributed by atoms with Crippen LogP contribution in [0.15, 0.2) is 41.4 Å². The summed E-state index contributed by atoms with van der Waals surface area (Å²) in [7, 11) is 0. The predicted octanol–water partition coefficient (Wildman–Crippen LogP) is 6.00. The van der Waals surface area contributed by atoms with Crippen molar-refractivity contribution < 1.29 is 9.90 Å². The molecule has 2 aromatic rings. The predicted molar refractivity (Wildman–Crippen MR) is 126 cm³/mol. The van der Waals surface area contributed by atoms with Gasteiger partial charge in [0.25, 0.3) is 0 Å². The maximum absolute atomic E-state index is 11.4. The van der Waals surface area contributed by atoms with Crippen molar-refractivity contribution in [2.24, 2.45) is 10.9 Å². The van der Waals surface area contributed by atoms with E-state index < -0.39 is 5.97 Å². The van der Waals surface area contributed by atoms with Crippen LogP contribution >= 0.6 is 0 Å². The van der Waals surface area contributed by atoms with Gasteiger partial charge in [-0.15, -0.1) is 0 Å². The number of aromatic carboxylic acids is 1. The van der Waals surface area contributed by atoms with E-state index in [2.05, 4.69) is 46.8 Å². The van der Waals surface area contributed by atoms with Gasteiger partial charge in [-0.05, 0) is 82.9 Å². The molecule has 1 N–H and O–H groups in total. The third-order valence-corrected chi connectivity index (χ3v) is 8.35. The summed E-state index contributed by atoms with van der Waals surface area (Å²) in [6.45, 7) is 12.7. The molecule has 0 amide bonds. The fourth-order valence-electron chi connectivity index (χ4n) is 6.17. The van der Waals surface area contributed by atoms with Crippen molar-refractivity contribution in [1.82, 2.24) is 0 Å². The van der Waals surface area contributed by atoms with Crippen LogP contribution in [-0.2, 0) is 22.7 Å². The number of carbonyl (C=O) groups is 1. The number of hydrogen-bond acceptors (Lipinski definition) is 2. The van der Waals surface area contributed by atoms with Crippen LogP contribution in [0.2, 0.25) is 0 Å². The summed E-state index contributed by atoms with van der Waals surface area (Å²) in [5.74, 6) is -0.272. The van der Waals surface area contributed by atoms with Gasteiger partial charge in [0.05, 0.1) is 5.56 Å². The third-order valence-electron chi connectivity index (χ3n) is 8.35. The van der Waals surface area contributed by atoms with Crippen LogP contribution in [0.1, 0.15) is 85.1 Å². The first-order valence-electron chi connectivity index (χ1n) is 11.6. The zero-order valence-electron chi connectivity index (χ0n) is 19.4. The number of carboxylic acids is 1. The molecular weight excluding hydrogens is 382 g/mol. The molecule has 1 saturated carbocycles. The van der Waals surface area contributed by atoms with Gasteiger partial charge in [0, 0.05) is 24.1 Å². The Hall–Kier alpha value is -2.42. The normalized spacial score (nSPS) is 27.3. The average Bonchev–Trinajstić information content (AvgIpc) is 3.34. The van der Waals surface area contributed by atoms with E-state index in [1.807, 2.05) is 12.1 Å². The van der Waals surface area contributed by atoms with E-state index in [-0.39, 0.29) is 16.2 Å². The van der Waals surface area contributed by atoms with E-state index >= 15 is 0 Å². The molecule has 1 aliphatic heterocycles. The molecule has 2 atom stereocenters. The largest absolute Gasteiger partial charge is 0.478 e. The average molecular weight is 416 g/mol. The van der Waals surface area contributed by atoms with Crippen molar-refractivity contribution in [2.75, 3.05) is 6.54 Å². The lowest BCUT2D eigenvalue weighted by Gasteiger charge is -2.43. The summed E-state index contributed by atoms with van der Waals surface area (Å²) >= 11 is 0. The van der Waals surface area contributed by atoms with Crippen LogP contribution in [0.3, 0.4) is 0 Å². The molecule has 162 valence electrons. The Morgan fingerprint density at radius 3 is 2.35 bits per heavy atom. The van der Waals surface area contributed by atoms with Crippen molar-refractivity contribution in [3.05, 3.63) is 69.8 Å². The summed E-state index contributed by atoms with van der Waals surface area (Å²) in [5.41, 5.74) is 9.00. The second-order valence-electron chi connectivity index (χ2n) is 11.3. The van der Waals surface area contributed by atoms with Crippen LogP contribution in [-0.4, -0.2) is 23.3 Å². The molecule has 2 unspecified atom stereocenters. The molecule has 0 radical (unpaired) electrons. The number of fused-ring (bicyclic) bond motifs is 2. The highest BCUT2D eigenvalue weighted by atomic mass is 16.4. The summed E-state index contributed by atoms with van der Waals surface area (Å²) in [6, 6.07) is 12.3. The van der Waals surface area contributed by atoms with Crippen LogP contribution in [0, 0.1) is 12.8 Å². The van der Waals surface area contributed by atoms with Crippen LogP contribution in [0.25, 0.3) is 0 Å². The van der Waals surface area contributed by atoms with Crippen molar-refractivity contribution in [1.29, 1.82) is 0 Å². The first kappa shape index (κ1) is 20.5. The molecule has 1 heterocycles. The molecule has 2 aliphatic carbocycles. The SMILES string of the molecule is Cc1cc2c(cc1C13CC1CN=C3Cc1cccc(C(=O)O)c1)C(C)(C)CCC2(C)C. The summed E-state index contributed by atoms with van der Waals surface area (Å²) in [5, 5.41) is 9.37. The van der Waals surface area contributed by atoms with Crippen LogP contribution < -0.4 is 0 Å². The number of nitrogens with zero attached hydrogens (tertiary/aromatic N) is 1. The first-order valence-corrected chi connectivity index (χ1v) is 11.6. The minimum atomic E-state index is -0.871. The van der Waals surface area contributed by atoms with E-state index in [1.165, 1.54) is 47.2 Å². The van der Waals surface area contributed by atoms with Crippen molar-refractivity contribution in [2.45, 2.75) is 76.5 Å². The second-order valence-corrected chi connectivity index (χ2v) is 11.3. The molecule has 0 bridgehead atoms. The Morgan fingerprint density at radius 2 is 1.71 bits per heavy atom. The van der Waals surface area contributed by atoms with E-state index in [1.54, 1.807) is 12.1 Å². The van der Waals surface area contributed by atoms with E-state index in [0.29, 0.717) is 11.5 Å². The molecule has 0 spiro atoms. The Bertz CT molecular complexity index is 1120. The van der Waals surface area contributed by atoms with Gasteiger partial charge in [0.2, 0.25) is 0 Å². The lowest BCUT2D eigenvalue weighted by Crippen LogP contribution is -2.35. The standard InChI is InChI=1S/C28H33NO2/c1-17-11-22-23(27(4,5)10-9-26(22,2)3)14-21(17)28-15-20(28)16-29-24(28)13-18-7-6-8-19(12-18)25(30)31/h6-8,11-12,14,20H,9-10,13,15-16H2,1-5H3,(H,30,31). The molecule has 5 rings (SSSR count). The monoisotopic (exact) mass is 415 g/mol. The number of aryl methyl sites for hydroxylation is 1. The molecule has 1 fully saturated rings. The topological polar surface area (TPSA) is 49.7 Å². The molecule has 3 aliphatic rings. The van der Waals surface area contributed by atoms with Gasteiger partial charge in [-0.1, -0.05) is 52.0 Å².